The van der Waals surface area contributed by atoms with Gasteiger partial charge in [-0.15, -0.1) is 0 Å². The van der Waals surface area contributed by atoms with E-state index in [1.54, 1.807) is 6.07 Å². The van der Waals surface area contributed by atoms with Crippen molar-refractivity contribution in [3.63, 3.8) is 0 Å². The lowest BCUT2D eigenvalue weighted by molar-refractivity contribution is -0.137. The Kier molecular flexibility index (Phi) is 4.02. The fraction of sp³-hybridized carbons (Fsp3) is 0.417. The van der Waals surface area contributed by atoms with Crippen LogP contribution in [0.2, 0.25) is 0 Å². The van der Waals surface area contributed by atoms with E-state index in [2.05, 4.69) is 15.9 Å². The van der Waals surface area contributed by atoms with Crippen molar-refractivity contribution in [2.75, 3.05) is 24.6 Å². The zero-order valence-electron chi connectivity index (χ0n) is 9.75. The van der Waals surface area contributed by atoms with Crippen molar-refractivity contribution in [1.82, 2.24) is 0 Å². The molecule has 1 aromatic rings. The Morgan fingerprint density at radius 2 is 2.16 bits per heavy atom. The second-order valence-corrected chi connectivity index (χ2v) is 5.01. The molecular weight excluding hydrogens is 325 g/mol. The van der Waals surface area contributed by atoms with Crippen LogP contribution in [0.25, 0.3) is 0 Å². The van der Waals surface area contributed by atoms with Crippen LogP contribution in [-0.2, 0) is 10.9 Å². The summed E-state index contributed by atoms with van der Waals surface area (Å²) in [5.41, 5.74) is -0.625. The molecule has 0 aliphatic carbocycles. The van der Waals surface area contributed by atoms with Crippen LogP contribution in [0.1, 0.15) is 5.56 Å². The molecule has 1 aliphatic rings. The topological polar surface area (TPSA) is 36.3 Å². The highest BCUT2D eigenvalue weighted by molar-refractivity contribution is 9.10. The normalized spacial score (nSPS) is 20.2. The predicted molar refractivity (Wildman–Crippen MR) is 66.7 cm³/mol. The van der Waals surface area contributed by atoms with Gasteiger partial charge in [-0.05, 0) is 18.2 Å². The average Bonchev–Trinajstić information content (AvgIpc) is 2.37. The van der Waals surface area contributed by atoms with Crippen molar-refractivity contribution in [3.8, 4) is 6.07 Å². The van der Waals surface area contributed by atoms with Crippen molar-refractivity contribution < 1.29 is 17.9 Å². The van der Waals surface area contributed by atoms with Crippen molar-refractivity contribution in [2.24, 2.45) is 0 Å². The summed E-state index contributed by atoms with van der Waals surface area (Å²) in [6.07, 6.45) is -5.13. The Morgan fingerprint density at radius 3 is 2.79 bits per heavy atom. The van der Waals surface area contributed by atoms with E-state index in [1.807, 2.05) is 6.07 Å². The van der Waals surface area contributed by atoms with Gasteiger partial charge in [-0.2, -0.15) is 18.4 Å². The molecule has 1 aliphatic heterocycles. The van der Waals surface area contributed by atoms with Crippen LogP contribution in [-0.4, -0.2) is 25.8 Å². The largest absolute Gasteiger partial charge is 0.418 e. The Morgan fingerprint density at radius 1 is 1.42 bits per heavy atom. The molecular formula is C12H10BrF3N2O. The number of hydrogen-bond donors (Lipinski definition) is 0. The molecule has 1 aromatic carbocycles. The molecule has 0 spiro atoms. The minimum Gasteiger partial charge on any atom is -0.365 e. The molecule has 1 saturated heterocycles. The van der Waals surface area contributed by atoms with E-state index in [9.17, 15) is 13.2 Å². The number of nitriles is 1. The highest BCUT2D eigenvalue weighted by Crippen LogP contribution is 2.38. The summed E-state index contributed by atoms with van der Waals surface area (Å²) in [5.74, 6) is 0. The highest BCUT2D eigenvalue weighted by atomic mass is 79.9. The van der Waals surface area contributed by atoms with Gasteiger partial charge in [-0.1, -0.05) is 15.9 Å². The predicted octanol–water partition coefficient (Wildman–Crippen LogP) is 3.20. The summed E-state index contributed by atoms with van der Waals surface area (Å²) in [4.78, 5) is 1.53. The molecule has 3 nitrogen and oxygen atoms in total. The fourth-order valence-corrected chi connectivity index (χ4v) is 2.32. The van der Waals surface area contributed by atoms with Gasteiger partial charge in [0.15, 0.2) is 6.10 Å². The van der Waals surface area contributed by atoms with E-state index >= 15 is 0 Å². The summed E-state index contributed by atoms with van der Waals surface area (Å²) >= 11 is 3.04. The number of rotatable bonds is 1. The van der Waals surface area contributed by atoms with Crippen molar-refractivity contribution in [3.05, 3.63) is 28.2 Å². The van der Waals surface area contributed by atoms with Gasteiger partial charge < -0.3 is 9.64 Å². The smallest absolute Gasteiger partial charge is 0.365 e. The van der Waals surface area contributed by atoms with E-state index in [0.29, 0.717) is 11.0 Å². The van der Waals surface area contributed by atoms with Crippen molar-refractivity contribution in [2.45, 2.75) is 12.3 Å². The van der Waals surface area contributed by atoms with Gasteiger partial charge in [-0.3, -0.25) is 0 Å². The number of morpholine rings is 1. The second-order valence-electron chi connectivity index (χ2n) is 4.09. The molecule has 0 amide bonds. The monoisotopic (exact) mass is 334 g/mol. The Bertz CT molecular complexity index is 513. The van der Waals surface area contributed by atoms with Crippen LogP contribution in [0, 0.1) is 11.3 Å². The van der Waals surface area contributed by atoms with Crippen LogP contribution < -0.4 is 4.90 Å². The van der Waals surface area contributed by atoms with Crippen LogP contribution >= 0.6 is 15.9 Å². The number of anilines is 1. The third kappa shape index (κ3) is 3.19. The maximum absolute atomic E-state index is 13.0. The number of halogens is 4. The summed E-state index contributed by atoms with van der Waals surface area (Å²) in [7, 11) is 0. The SMILES string of the molecule is N#CC1CN(c2ccc(Br)cc2C(F)(F)F)CCO1. The number of benzene rings is 1. The lowest BCUT2D eigenvalue weighted by atomic mass is 10.1. The van der Waals surface area contributed by atoms with Crippen LogP contribution in [0.5, 0.6) is 0 Å². The lowest BCUT2D eigenvalue weighted by Crippen LogP contribution is -2.42. The van der Waals surface area contributed by atoms with E-state index in [-0.39, 0.29) is 18.8 Å². The molecule has 2 rings (SSSR count). The average molecular weight is 335 g/mol. The summed E-state index contributed by atoms with van der Waals surface area (Å²) in [6.45, 7) is 0.718. The fourth-order valence-electron chi connectivity index (χ4n) is 1.96. The first-order valence-electron chi connectivity index (χ1n) is 5.54. The third-order valence-corrected chi connectivity index (χ3v) is 3.31. The van der Waals surface area contributed by atoms with E-state index in [4.69, 9.17) is 10.00 Å². The minimum atomic E-state index is -4.43. The van der Waals surface area contributed by atoms with Crippen LogP contribution in [0.15, 0.2) is 22.7 Å². The number of nitrogens with zero attached hydrogens (tertiary/aromatic N) is 2. The van der Waals surface area contributed by atoms with Gasteiger partial charge in [0.25, 0.3) is 0 Å². The Hall–Kier alpha value is -1.26. The molecule has 1 fully saturated rings. The molecule has 0 radical (unpaired) electrons. The summed E-state index contributed by atoms with van der Waals surface area (Å²) in [5, 5.41) is 8.80. The van der Waals surface area contributed by atoms with Gasteiger partial charge in [0.2, 0.25) is 0 Å². The zero-order chi connectivity index (χ0) is 14.0. The number of ether oxygens (including phenoxy) is 1. The lowest BCUT2D eigenvalue weighted by Gasteiger charge is -2.33. The number of hydrogen-bond acceptors (Lipinski definition) is 3. The van der Waals surface area contributed by atoms with Crippen LogP contribution in [0.4, 0.5) is 18.9 Å². The molecule has 0 N–H and O–H groups in total. The van der Waals surface area contributed by atoms with Gasteiger partial charge in [0.1, 0.15) is 0 Å². The first kappa shape index (κ1) is 14.2. The third-order valence-electron chi connectivity index (χ3n) is 2.82. The molecule has 1 atom stereocenters. The van der Waals surface area contributed by atoms with Crippen LogP contribution in [0.3, 0.4) is 0 Å². The molecule has 0 aromatic heterocycles. The first-order chi connectivity index (χ1) is 8.91. The molecule has 7 heteroatoms. The maximum atomic E-state index is 13.0. The highest BCUT2D eigenvalue weighted by Gasteiger charge is 2.36. The summed E-state index contributed by atoms with van der Waals surface area (Å²) in [6, 6.07) is 5.93. The Balaban J connectivity index is 2.37. The maximum Gasteiger partial charge on any atom is 0.418 e. The van der Waals surface area contributed by atoms with Gasteiger partial charge in [0, 0.05) is 16.7 Å². The van der Waals surface area contributed by atoms with Gasteiger partial charge in [0.05, 0.1) is 24.8 Å². The van der Waals surface area contributed by atoms with Crippen molar-refractivity contribution >= 4 is 21.6 Å². The molecule has 1 unspecified atom stereocenters. The van der Waals surface area contributed by atoms with E-state index in [0.717, 1.165) is 6.07 Å². The van der Waals surface area contributed by atoms with Gasteiger partial charge >= 0.3 is 6.18 Å². The summed E-state index contributed by atoms with van der Waals surface area (Å²) < 4.78 is 44.6. The molecule has 0 saturated carbocycles. The number of alkyl halides is 3. The first-order valence-corrected chi connectivity index (χ1v) is 6.34. The van der Waals surface area contributed by atoms with Gasteiger partial charge in [-0.25, -0.2) is 0 Å². The molecule has 0 bridgehead atoms. The van der Waals surface area contributed by atoms with Crippen molar-refractivity contribution in [1.29, 1.82) is 5.26 Å². The molecule has 1 heterocycles. The molecule has 19 heavy (non-hydrogen) atoms. The quantitative estimate of drug-likeness (QED) is 0.791. The van der Waals surface area contributed by atoms with E-state index in [1.165, 1.54) is 11.0 Å². The molecule has 102 valence electrons. The zero-order valence-corrected chi connectivity index (χ0v) is 11.3. The minimum absolute atomic E-state index is 0.0826. The second kappa shape index (κ2) is 5.39. The van der Waals surface area contributed by atoms with E-state index < -0.39 is 17.8 Å². The Labute approximate surface area is 116 Å². The standard InChI is InChI=1S/C12H10BrF3N2O/c13-8-1-2-11(10(5-8)12(14,15)16)18-3-4-19-9(6-17)7-18/h1-2,5,9H,3-4,7H2.